The second kappa shape index (κ2) is 8.41. The zero-order chi connectivity index (χ0) is 19.3. The van der Waals surface area contributed by atoms with Crippen LogP contribution in [0.25, 0.3) is 0 Å². The fraction of sp³-hybridized carbons (Fsp3) is 0.500. The van der Waals surface area contributed by atoms with Gasteiger partial charge in [-0.2, -0.15) is 18.3 Å². The molecule has 0 saturated carbocycles. The summed E-state index contributed by atoms with van der Waals surface area (Å²) in [5.41, 5.74) is -0.754. The average molecular weight is 381 g/mol. The lowest BCUT2D eigenvalue weighted by Gasteiger charge is -2.32. The number of hydrogen-bond donors (Lipinski definition) is 1. The van der Waals surface area contributed by atoms with Gasteiger partial charge >= 0.3 is 6.18 Å². The van der Waals surface area contributed by atoms with E-state index in [1.807, 2.05) is 21.8 Å². The monoisotopic (exact) mass is 381 g/mol. The highest BCUT2D eigenvalue weighted by molar-refractivity contribution is 5.78. The number of hydrogen-bond acceptors (Lipinski definition) is 4. The number of nitrogens with one attached hydrogen (secondary N) is 1. The highest BCUT2D eigenvalue weighted by atomic mass is 19.4. The van der Waals surface area contributed by atoms with Gasteiger partial charge < -0.3 is 10.2 Å². The molecular formula is C18H22F3N5O. The van der Waals surface area contributed by atoms with Crippen molar-refractivity contribution in [3.05, 3.63) is 42.4 Å². The Bertz CT molecular complexity index is 722. The SMILES string of the molecule is O=C(NCCCn1cccn1)C1CCN(c2ccc(C(F)(F)F)cn2)CC1. The molecule has 3 rings (SSSR count). The molecule has 0 aliphatic carbocycles. The van der Waals surface area contributed by atoms with Gasteiger partial charge in [-0.1, -0.05) is 0 Å². The van der Waals surface area contributed by atoms with Gasteiger partial charge in [0.1, 0.15) is 5.82 Å². The molecule has 0 atom stereocenters. The summed E-state index contributed by atoms with van der Waals surface area (Å²) >= 11 is 0. The van der Waals surface area contributed by atoms with Crippen molar-refractivity contribution in [1.82, 2.24) is 20.1 Å². The van der Waals surface area contributed by atoms with Gasteiger partial charge in [0.2, 0.25) is 5.91 Å². The van der Waals surface area contributed by atoms with Crippen LogP contribution < -0.4 is 10.2 Å². The topological polar surface area (TPSA) is 63.1 Å². The normalized spacial score (nSPS) is 15.7. The maximum absolute atomic E-state index is 12.6. The van der Waals surface area contributed by atoms with E-state index in [9.17, 15) is 18.0 Å². The Morgan fingerprint density at radius 3 is 2.63 bits per heavy atom. The summed E-state index contributed by atoms with van der Waals surface area (Å²) in [6.07, 6.45) is 2.20. The Balaban J connectivity index is 1.41. The first-order chi connectivity index (χ1) is 12.9. The molecule has 3 heterocycles. The molecule has 1 aliphatic rings. The van der Waals surface area contributed by atoms with E-state index in [-0.39, 0.29) is 11.8 Å². The molecule has 1 fully saturated rings. The highest BCUT2D eigenvalue weighted by Gasteiger charge is 2.31. The van der Waals surface area contributed by atoms with Gasteiger partial charge in [0.25, 0.3) is 0 Å². The van der Waals surface area contributed by atoms with E-state index in [0.29, 0.717) is 38.3 Å². The number of carbonyl (C=O) groups excluding carboxylic acids is 1. The third-order valence-corrected chi connectivity index (χ3v) is 4.69. The summed E-state index contributed by atoms with van der Waals surface area (Å²) in [6.45, 7) is 2.55. The van der Waals surface area contributed by atoms with Crippen LogP contribution in [-0.4, -0.2) is 40.3 Å². The number of rotatable bonds is 6. The van der Waals surface area contributed by atoms with Crippen LogP contribution in [0.3, 0.4) is 0 Å². The number of amides is 1. The molecule has 6 nitrogen and oxygen atoms in total. The lowest BCUT2D eigenvalue weighted by atomic mass is 9.96. The quantitative estimate of drug-likeness (QED) is 0.782. The minimum absolute atomic E-state index is 0.0375. The van der Waals surface area contributed by atoms with Crippen LogP contribution >= 0.6 is 0 Å². The number of aromatic nitrogens is 3. The van der Waals surface area contributed by atoms with Gasteiger partial charge in [0, 0.05) is 50.7 Å². The van der Waals surface area contributed by atoms with Crippen molar-refractivity contribution in [3.8, 4) is 0 Å². The molecule has 9 heteroatoms. The first-order valence-corrected chi connectivity index (χ1v) is 8.97. The minimum Gasteiger partial charge on any atom is -0.357 e. The van der Waals surface area contributed by atoms with Gasteiger partial charge in [-0.3, -0.25) is 9.48 Å². The van der Waals surface area contributed by atoms with Crippen LogP contribution in [0.1, 0.15) is 24.8 Å². The Morgan fingerprint density at radius 1 is 1.26 bits per heavy atom. The van der Waals surface area contributed by atoms with Gasteiger partial charge in [-0.15, -0.1) is 0 Å². The third kappa shape index (κ3) is 5.21. The number of piperidine rings is 1. The number of carbonyl (C=O) groups is 1. The Labute approximate surface area is 155 Å². The van der Waals surface area contributed by atoms with Crippen molar-refractivity contribution in [3.63, 3.8) is 0 Å². The van der Waals surface area contributed by atoms with E-state index in [0.717, 1.165) is 25.2 Å². The highest BCUT2D eigenvalue weighted by Crippen LogP contribution is 2.30. The molecular weight excluding hydrogens is 359 g/mol. The summed E-state index contributed by atoms with van der Waals surface area (Å²) in [6, 6.07) is 4.29. The zero-order valence-electron chi connectivity index (χ0n) is 14.8. The standard InChI is InChI=1S/C18H22F3N5O/c19-18(20,21)15-3-4-16(23-13-15)25-11-5-14(6-12-25)17(27)22-7-1-9-26-10-2-8-24-26/h2-4,8,10,13-14H,1,5-7,9,11-12H2,(H,22,27). The van der Waals surface area contributed by atoms with Crippen molar-refractivity contribution in [2.75, 3.05) is 24.5 Å². The molecule has 2 aromatic rings. The smallest absolute Gasteiger partial charge is 0.357 e. The summed E-state index contributed by atoms with van der Waals surface area (Å²) in [7, 11) is 0. The van der Waals surface area contributed by atoms with E-state index in [1.54, 1.807) is 6.20 Å². The largest absolute Gasteiger partial charge is 0.417 e. The summed E-state index contributed by atoms with van der Waals surface area (Å²) in [4.78, 5) is 18.1. The van der Waals surface area contributed by atoms with Crippen molar-refractivity contribution in [2.24, 2.45) is 5.92 Å². The number of nitrogens with zero attached hydrogens (tertiary/aromatic N) is 4. The molecule has 0 bridgehead atoms. The molecule has 27 heavy (non-hydrogen) atoms. The number of halogens is 3. The van der Waals surface area contributed by atoms with Crippen LogP contribution in [0.5, 0.6) is 0 Å². The minimum atomic E-state index is -4.38. The lowest BCUT2D eigenvalue weighted by molar-refractivity contribution is -0.137. The van der Waals surface area contributed by atoms with Crippen molar-refractivity contribution in [1.29, 1.82) is 0 Å². The van der Waals surface area contributed by atoms with E-state index in [1.165, 1.54) is 6.07 Å². The van der Waals surface area contributed by atoms with Gasteiger partial charge in [0.15, 0.2) is 0 Å². The third-order valence-electron chi connectivity index (χ3n) is 4.69. The summed E-state index contributed by atoms with van der Waals surface area (Å²) in [5.74, 6) is 0.483. The van der Waals surface area contributed by atoms with Gasteiger partial charge in [-0.05, 0) is 37.5 Å². The molecule has 0 radical (unpaired) electrons. The van der Waals surface area contributed by atoms with Crippen LogP contribution in [0.15, 0.2) is 36.8 Å². The molecule has 2 aromatic heterocycles. The fourth-order valence-electron chi connectivity index (χ4n) is 3.14. The molecule has 146 valence electrons. The van der Waals surface area contributed by atoms with E-state index in [4.69, 9.17) is 0 Å². The predicted molar refractivity (Wildman–Crippen MR) is 94.0 cm³/mol. The van der Waals surface area contributed by atoms with Gasteiger partial charge in [-0.25, -0.2) is 4.98 Å². The molecule has 0 aromatic carbocycles. The van der Waals surface area contributed by atoms with Gasteiger partial charge in [0.05, 0.1) is 5.56 Å². The fourth-order valence-corrected chi connectivity index (χ4v) is 3.14. The van der Waals surface area contributed by atoms with Crippen LogP contribution in [-0.2, 0) is 17.5 Å². The zero-order valence-corrected chi connectivity index (χ0v) is 14.8. The molecule has 1 aliphatic heterocycles. The lowest BCUT2D eigenvalue weighted by Crippen LogP contribution is -2.41. The average Bonchev–Trinajstić information content (AvgIpc) is 3.18. The van der Waals surface area contributed by atoms with E-state index >= 15 is 0 Å². The second-order valence-corrected chi connectivity index (χ2v) is 6.58. The Hall–Kier alpha value is -2.58. The Kier molecular flexibility index (Phi) is 5.98. The molecule has 1 amide bonds. The van der Waals surface area contributed by atoms with Crippen LogP contribution in [0, 0.1) is 5.92 Å². The van der Waals surface area contributed by atoms with E-state index < -0.39 is 11.7 Å². The van der Waals surface area contributed by atoms with Crippen molar-refractivity contribution < 1.29 is 18.0 Å². The summed E-state index contributed by atoms with van der Waals surface area (Å²) in [5, 5.41) is 7.06. The maximum Gasteiger partial charge on any atom is 0.417 e. The number of anilines is 1. The van der Waals surface area contributed by atoms with Crippen LogP contribution in [0.2, 0.25) is 0 Å². The maximum atomic E-state index is 12.6. The van der Waals surface area contributed by atoms with Crippen molar-refractivity contribution in [2.45, 2.75) is 32.0 Å². The molecule has 0 spiro atoms. The van der Waals surface area contributed by atoms with E-state index in [2.05, 4.69) is 15.4 Å². The first-order valence-electron chi connectivity index (χ1n) is 8.97. The number of alkyl halides is 3. The second-order valence-electron chi connectivity index (χ2n) is 6.58. The molecule has 1 saturated heterocycles. The van der Waals surface area contributed by atoms with Crippen LogP contribution in [0.4, 0.5) is 19.0 Å². The first kappa shape index (κ1) is 19.2. The molecule has 1 N–H and O–H groups in total. The summed E-state index contributed by atoms with van der Waals surface area (Å²) < 4.78 is 39.6. The number of pyridine rings is 1. The number of aryl methyl sites for hydroxylation is 1. The van der Waals surface area contributed by atoms with Crippen molar-refractivity contribution >= 4 is 11.7 Å². The Morgan fingerprint density at radius 2 is 2.04 bits per heavy atom. The predicted octanol–water partition coefficient (Wildman–Crippen LogP) is 2.72. The molecule has 0 unspecified atom stereocenters.